The van der Waals surface area contributed by atoms with E-state index < -0.39 is 0 Å². The Labute approximate surface area is 123 Å². The van der Waals surface area contributed by atoms with Crippen LogP contribution in [0.15, 0.2) is 22.7 Å². The summed E-state index contributed by atoms with van der Waals surface area (Å²) in [7, 11) is 0. The van der Waals surface area contributed by atoms with Gasteiger partial charge in [-0.2, -0.15) is 0 Å². The molecule has 0 fully saturated rings. The molecule has 0 heterocycles. The van der Waals surface area contributed by atoms with Gasteiger partial charge in [-0.1, -0.05) is 13.8 Å². The zero-order valence-electron chi connectivity index (χ0n) is 11.9. The number of rotatable bonds is 6. The maximum Gasteiger partial charge on any atom is 0.339 e. The molecule has 0 aromatic heterocycles. The number of hydrogen-bond acceptors (Lipinski definition) is 3. The first-order valence-corrected chi connectivity index (χ1v) is 7.44. The Morgan fingerprint density at radius 2 is 1.84 bits per heavy atom. The lowest BCUT2D eigenvalue weighted by Crippen LogP contribution is -2.15. The van der Waals surface area contributed by atoms with Crippen LogP contribution in [0.4, 0.5) is 0 Å². The summed E-state index contributed by atoms with van der Waals surface area (Å²) in [5.41, 5.74) is 0.501. The van der Waals surface area contributed by atoms with Gasteiger partial charge in [0.25, 0.3) is 0 Å². The van der Waals surface area contributed by atoms with Crippen LogP contribution in [0.1, 0.15) is 50.9 Å². The van der Waals surface area contributed by atoms with Gasteiger partial charge in [0.2, 0.25) is 0 Å². The summed E-state index contributed by atoms with van der Waals surface area (Å²) in [5.74, 6) is 0.365. The minimum absolute atomic E-state index is 0.0847. The predicted molar refractivity (Wildman–Crippen MR) is 79.7 cm³/mol. The summed E-state index contributed by atoms with van der Waals surface area (Å²) in [6, 6.07) is 5.38. The van der Waals surface area contributed by atoms with Gasteiger partial charge in [-0.05, 0) is 60.8 Å². The van der Waals surface area contributed by atoms with Crippen molar-refractivity contribution in [2.24, 2.45) is 0 Å². The van der Waals surface area contributed by atoms with Gasteiger partial charge < -0.3 is 9.47 Å². The molecule has 0 saturated carbocycles. The molecule has 0 aliphatic carbocycles. The van der Waals surface area contributed by atoms with Crippen LogP contribution < -0.4 is 4.74 Å². The first-order chi connectivity index (χ1) is 8.97. The van der Waals surface area contributed by atoms with Crippen molar-refractivity contribution in [3.8, 4) is 5.75 Å². The third-order valence-electron chi connectivity index (χ3n) is 2.95. The second kappa shape index (κ2) is 7.53. The monoisotopic (exact) mass is 328 g/mol. The molecular weight excluding hydrogens is 308 g/mol. The van der Waals surface area contributed by atoms with Crippen molar-refractivity contribution in [1.29, 1.82) is 0 Å². The van der Waals surface area contributed by atoms with Crippen molar-refractivity contribution in [2.75, 3.05) is 0 Å². The highest BCUT2D eigenvalue weighted by atomic mass is 79.9. The maximum atomic E-state index is 12.0. The Morgan fingerprint density at radius 1 is 1.21 bits per heavy atom. The number of carbonyl (C=O) groups is 1. The summed E-state index contributed by atoms with van der Waals surface area (Å²) < 4.78 is 11.8. The van der Waals surface area contributed by atoms with E-state index in [2.05, 4.69) is 22.9 Å². The summed E-state index contributed by atoms with van der Waals surface area (Å²) in [4.78, 5) is 12.0. The molecule has 0 bridgehead atoms. The maximum absolute atomic E-state index is 12.0. The SMILES string of the molecule is CCC(C)OC(=O)c1cc(OC(C)CC)ccc1Br. The first kappa shape index (κ1) is 16.0. The topological polar surface area (TPSA) is 35.5 Å². The van der Waals surface area contributed by atoms with Crippen molar-refractivity contribution in [1.82, 2.24) is 0 Å². The van der Waals surface area contributed by atoms with E-state index in [4.69, 9.17) is 9.47 Å². The predicted octanol–water partition coefficient (Wildman–Crippen LogP) is 4.58. The highest BCUT2D eigenvalue weighted by Gasteiger charge is 2.15. The fourth-order valence-electron chi connectivity index (χ4n) is 1.38. The molecule has 19 heavy (non-hydrogen) atoms. The third kappa shape index (κ3) is 4.86. The third-order valence-corrected chi connectivity index (χ3v) is 3.64. The molecule has 0 spiro atoms. The number of esters is 1. The second-order valence-corrected chi connectivity index (χ2v) is 5.46. The standard InChI is InChI=1S/C15H21BrO3/c1-5-10(3)18-12-7-8-14(16)13(9-12)15(17)19-11(4)6-2/h7-11H,5-6H2,1-4H3. The Balaban J connectivity index is 2.87. The van der Waals surface area contributed by atoms with Crippen LogP contribution in [-0.4, -0.2) is 18.2 Å². The number of hydrogen-bond donors (Lipinski definition) is 0. The normalized spacial score (nSPS) is 13.7. The van der Waals surface area contributed by atoms with Gasteiger partial charge in [0.05, 0.1) is 17.8 Å². The molecule has 4 heteroatoms. The average molecular weight is 329 g/mol. The molecule has 0 aliphatic heterocycles. The van der Waals surface area contributed by atoms with Crippen LogP contribution >= 0.6 is 15.9 Å². The molecule has 1 aromatic rings. The molecule has 0 saturated heterocycles. The number of carbonyl (C=O) groups excluding carboxylic acids is 1. The Morgan fingerprint density at radius 3 is 2.42 bits per heavy atom. The quantitative estimate of drug-likeness (QED) is 0.717. The van der Waals surface area contributed by atoms with Crippen LogP contribution in [0.3, 0.4) is 0 Å². The van der Waals surface area contributed by atoms with Gasteiger partial charge in [0.1, 0.15) is 5.75 Å². The van der Waals surface area contributed by atoms with Crippen LogP contribution in [-0.2, 0) is 4.74 Å². The molecule has 0 radical (unpaired) electrons. The lowest BCUT2D eigenvalue weighted by atomic mass is 10.2. The Hall–Kier alpha value is -1.03. The number of halogens is 1. The number of ether oxygens (including phenoxy) is 2. The van der Waals surface area contributed by atoms with E-state index in [1.54, 1.807) is 6.07 Å². The van der Waals surface area contributed by atoms with E-state index in [1.807, 2.05) is 32.9 Å². The molecule has 0 aliphatic rings. The first-order valence-electron chi connectivity index (χ1n) is 6.65. The molecule has 2 unspecified atom stereocenters. The van der Waals surface area contributed by atoms with E-state index >= 15 is 0 Å². The zero-order valence-corrected chi connectivity index (χ0v) is 13.5. The van der Waals surface area contributed by atoms with Crippen molar-refractivity contribution in [3.05, 3.63) is 28.2 Å². The summed E-state index contributed by atoms with van der Waals surface area (Å²) >= 11 is 3.37. The second-order valence-electron chi connectivity index (χ2n) is 4.60. The van der Waals surface area contributed by atoms with Crippen molar-refractivity contribution < 1.29 is 14.3 Å². The summed E-state index contributed by atoms with van der Waals surface area (Å²) in [6.45, 7) is 7.92. The fraction of sp³-hybridized carbons (Fsp3) is 0.533. The smallest absolute Gasteiger partial charge is 0.339 e. The molecule has 0 amide bonds. The average Bonchev–Trinajstić information content (AvgIpc) is 2.40. The minimum Gasteiger partial charge on any atom is -0.491 e. The van der Waals surface area contributed by atoms with E-state index in [0.717, 1.165) is 17.3 Å². The number of benzene rings is 1. The summed E-state index contributed by atoms with van der Waals surface area (Å²) in [5, 5.41) is 0. The van der Waals surface area contributed by atoms with Gasteiger partial charge in [-0.3, -0.25) is 0 Å². The highest BCUT2D eigenvalue weighted by Crippen LogP contribution is 2.25. The molecule has 106 valence electrons. The lowest BCUT2D eigenvalue weighted by Gasteiger charge is -2.15. The van der Waals surface area contributed by atoms with Gasteiger partial charge in [-0.15, -0.1) is 0 Å². The van der Waals surface area contributed by atoms with E-state index in [9.17, 15) is 4.79 Å². The molecule has 0 N–H and O–H groups in total. The van der Waals surface area contributed by atoms with Gasteiger partial charge >= 0.3 is 5.97 Å². The zero-order chi connectivity index (χ0) is 14.4. The minimum atomic E-state index is -0.323. The molecule has 2 atom stereocenters. The highest BCUT2D eigenvalue weighted by molar-refractivity contribution is 9.10. The van der Waals surface area contributed by atoms with E-state index in [0.29, 0.717) is 11.3 Å². The Kier molecular flexibility index (Phi) is 6.35. The summed E-state index contributed by atoms with van der Waals surface area (Å²) in [6.07, 6.45) is 1.76. The van der Waals surface area contributed by atoms with Crippen LogP contribution in [0, 0.1) is 0 Å². The molecule has 1 rings (SSSR count). The van der Waals surface area contributed by atoms with Gasteiger partial charge in [-0.25, -0.2) is 4.79 Å². The van der Waals surface area contributed by atoms with E-state index in [-0.39, 0.29) is 18.2 Å². The molecule has 3 nitrogen and oxygen atoms in total. The van der Waals surface area contributed by atoms with Crippen LogP contribution in [0.5, 0.6) is 5.75 Å². The van der Waals surface area contributed by atoms with Crippen LogP contribution in [0.2, 0.25) is 0 Å². The fourth-order valence-corrected chi connectivity index (χ4v) is 1.79. The molecule has 1 aromatic carbocycles. The lowest BCUT2D eigenvalue weighted by molar-refractivity contribution is 0.0332. The van der Waals surface area contributed by atoms with Crippen molar-refractivity contribution >= 4 is 21.9 Å². The van der Waals surface area contributed by atoms with Crippen molar-refractivity contribution in [2.45, 2.75) is 52.7 Å². The molecular formula is C15H21BrO3. The van der Waals surface area contributed by atoms with Crippen LogP contribution in [0.25, 0.3) is 0 Å². The van der Waals surface area contributed by atoms with Gasteiger partial charge in [0.15, 0.2) is 0 Å². The van der Waals surface area contributed by atoms with Gasteiger partial charge in [0, 0.05) is 4.47 Å². The Bertz CT molecular complexity index is 431. The largest absolute Gasteiger partial charge is 0.491 e. The van der Waals surface area contributed by atoms with Crippen molar-refractivity contribution in [3.63, 3.8) is 0 Å². The van der Waals surface area contributed by atoms with E-state index in [1.165, 1.54) is 0 Å².